The molecular weight excluding hydrogens is 220 g/mol. The first-order valence-corrected chi connectivity index (χ1v) is 6.71. The van der Waals surface area contributed by atoms with E-state index in [0.717, 1.165) is 29.3 Å². The smallest absolute Gasteiger partial charge is 0.131 e. The molecule has 1 atom stereocenters. The van der Waals surface area contributed by atoms with Crippen LogP contribution in [0, 0.1) is 6.92 Å². The first-order chi connectivity index (χ1) is 7.78. The molecule has 1 aromatic heterocycles. The van der Waals surface area contributed by atoms with Crippen molar-refractivity contribution in [2.75, 3.05) is 30.0 Å². The second-order valence-electron chi connectivity index (χ2n) is 3.95. The highest BCUT2D eigenvalue weighted by Crippen LogP contribution is 2.26. The Balaban J connectivity index is 1.94. The fourth-order valence-corrected chi connectivity index (χ4v) is 3.01. The lowest BCUT2D eigenvalue weighted by Gasteiger charge is -2.11. The zero-order valence-corrected chi connectivity index (χ0v) is 10.6. The molecule has 0 bridgehead atoms. The number of nitrogens with one attached hydrogen (secondary N) is 2. The first-order valence-electron chi connectivity index (χ1n) is 5.67. The van der Waals surface area contributed by atoms with E-state index in [1.807, 2.05) is 20.0 Å². The summed E-state index contributed by atoms with van der Waals surface area (Å²) in [6.45, 7) is 2.92. The Kier molecular flexibility index (Phi) is 3.88. The molecule has 1 fully saturated rings. The molecule has 88 valence electrons. The first kappa shape index (κ1) is 11.5. The van der Waals surface area contributed by atoms with Crippen LogP contribution in [-0.2, 0) is 0 Å². The van der Waals surface area contributed by atoms with Crippen LogP contribution in [-0.4, -0.2) is 34.6 Å². The third kappa shape index (κ3) is 3.01. The van der Waals surface area contributed by atoms with Gasteiger partial charge in [0.2, 0.25) is 0 Å². The van der Waals surface area contributed by atoms with Gasteiger partial charge in [0, 0.05) is 24.9 Å². The zero-order chi connectivity index (χ0) is 11.4. The Morgan fingerprint density at radius 2 is 2.25 bits per heavy atom. The summed E-state index contributed by atoms with van der Waals surface area (Å²) in [6.07, 6.45) is 2.67. The molecule has 5 heteroatoms. The van der Waals surface area contributed by atoms with Gasteiger partial charge in [0.1, 0.15) is 17.5 Å². The van der Waals surface area contributed by atoms with Crippen LogP contribution in [0.4, 0.5) is 11.6 Å². The summed E-state index contributed by atoms with van der Waals surface area (Å²) < 4.78 is 0. The third-order valence-electron chi connectivity index (χ3n) is 2.63. The molecular formula is C11H18N4S. The quantitative estimate of drug-likeness (QED) is 0.841. The van der Waals surface area contributed by atoms with Gasteiger partial charge in [-0.2, -0.15) is 11.8 Å². The van der Waals surface area contributed by atoms with Gasteiger partial charge in [-0.25, -0.2) is 9.97 Å². The number of aromatic nitrogens is 2. The van der Waals surface area contributed by atoms with Gasteiger partial charge in [0.15, 0.2) is 0 Å². The van der Waals surface area contributed by atoms with Crippen LogP contribution in [0.1, 0.15) is 18.7 Å². The molecule has 0 aliphatic carbocycles. The predicted molar refractivity (Wildman–Crippen MR) is 70.3 cm³/mol. The number of thioether (sulfide) groups is 1. The average Bonchev–Trinajstić information content (AvgIpc) is 2.78. The van der Waals surface area contributed by atoms with Gasteiger partial charge < -0.3 is 10.6 Å². The zero-order valence-electron chi connectivity index (χ0n) is 9.79. The van der Waals surface area contributed by atoms with Crippen LogP contribution in [0.25, 0.3) is 0 Å². The molecule has 0 saturated carbocycles. The Labute approximate surface area is 101 Å². The summed E-state index contributed by atoms with van der Waals surface area (Å²) in [4.78, 5) is 8.64. The van der Waals surface area contributed by atoms with Crippen molar-refractivity contribution >= 4 is 23.4 Å². The van der Waals surface area contributed by atoms with Crippen molar-refractivity contribution in [3.63, 3.8) is 0 Å². The van der Waals surface area contributed by atoms with Crippen molar-refractivity contribution in [2.24, 2.45) is 0 Å². The average molecular weight is 238 g/mol. The lowest BCUT2D eigenvalue weighted by molar-refractivity contribution is 0.802. The monoisotopic (exact) mass is 238 g/mol. The van der Waals surface area contributed by atoms with E-state index in [1.165, 1.54) is 18.6 Å². The van der Waals surface area contributed by atoms with Crippen LogP contribution in [0.5, 0.6) is 0 Å². The molecule has 0 spiro atoms. The minimum Gasteiger partial charge on any atom is -0.373 e. The van der Waals surface area contributed by atoms with Crippen molar-refractivity contribution in [3.8, 4) is 0 Å². The highest BCUT2D eigenvalue weighted by molar-refractivity contribution is 8.00. The molecule has 1 aliphatic rings. The normalized spacial score (nSPS) is 19.8. The summed E-state index contributed by atoms with van der Waals surface area (Å²) in [7, 11) is 1.87. The Morgan fingerprint density at radius 1 is 1.44 bits per heavy atom. The van der Waals surface area contributed by atoms with E-state index in [9.17, 15) is 0 Å². The number of anilines is 2. The summed E-state index contributed by atoms with van der Waals surface area (Å²) in [6, 6.07) is 1.95. The number of nitrogens with zero attached hydrogens (tertiary/aromatic N) is 2. The van der Waals surface area contributed by atoms with Crippen LogP contribution in [0.15, 0.2) is 6.07 Å². The molecule has 2 heterocycles. The molecule has 0 radical (unpaired) electrons. The minimum absolute atomic E-state index is 0.744. The summed E-state index contributed by atoms with van der Waals surface area (Å²) in [5.41, 5.74) is 0. The topological polar surface area (TPSA) is 49.8 Å². The van der Waals surface area contributed by atoms with Gasteiger partial charge >= 0.3 is 0 Å². The third-order valence-corrected chi connectivity index (χ3v) is 4.03. The second-order valence-corrected chi connectivity index (χ2v) is 5.36. The molecule has 1 aliphatic heterocycles. The number of hydrogen-bond acceptors (Lipinski definition) is 5. The fraction of sp³-hybridized carbons (Fsp3) is 0.636. The predicted octanol–water partition coefficient (Wildman–Crippen LogP) is 2.13. The Bertz CT molecular complexity index is 350. The number of hydrogen-bond donors (Lipinski definition) is 2. The maximum Gasteiger partial charge on any atom is 0.131 e. The molecule has 0 aromatic carbocycles. The van der Waals surface area contributed by atoms with E-state index >= 15 is 0 Å². The van der Waals surface area contributed by atoms with Crippen LogP contribution < -0.4 is 10.6 Å². The Morgan fingerprint density at radius 3 is 2.94 bits per heavy atom. The lowest BCUT2D eigenvalue weighted by atomic mass is 10.2. The van der Waals surface area contributed by atoms with Crippen molar-refractivity contribution < 1.29 is 0 Å². The second kappa shape index (κ2) is 5.39. The van der Waals surface area contributed by atoms with Gasteiger partial charge in [-0.3, -0.25) is 0 Å². The SMILES string of the molecule is CNc1cc(NCC2CCCS2)nc(C)n1. The Hall–Kier alpha value is -0.970. The van der Waals surface area contributed by atoms with E-state index in [-0.39, 0.29) is 0 Å². The largest absolute Gasteiger partial charge is 0.373 e. The van der Waals surface area contributed by atoms with Crippen LogP contribution >= 0.6 is 11.8 Å². The molecule has 0 amide bonds. The van der Waals surface area contributed by atoms with Gasteiger partial charge in [-0.15, -0.1) is 0 Å². The van der Waals surface area contributed by atoms with Crippen molar-refractivity contribution in [1.29, 1.82) is 0 Å². The van der Waals surface area contributed by atoms with Crippen LogP contribution in [0.2, 0.25) is 0 Å². The molecule has 4 nitrogen and oxygen atoms in total. The number of aryl methyl sites for hydroxylation is 1. The van der Waals surface area contributed by atoms with E-state index in [4.69, 9.17) is 0 Å². The molecule has 2 rings (SSSR count). The van der Waals surface area contributed by atoms with Crippen molar-refractivity contribution in [2.45, 2.75) is 25.0 Å². The van der Waals surface area contributed by atoms with Crippen molar-refractivity contribution in [1.82, 2.24) is 9.97 Å². The van der Waals surface area contributed by atoms with E-state index in [1.54, 1.807) is 0 Å². The number of rotatable bonds is 4. The summed E-state index contributed by atoms with van der Waals surface area (Å²) in [5, 5.41) is 7.17. The van der Waals surface area contributed by atoms with Crippen molar-refractivity contribution in [3.05, 3.63) is 11.9 Å². The van der Waals surface area contributed by atoms with Crippen LogP contribution in [0.3, 0.4) is 0 Å². The van der Waals surface area contributed by atoms with E-state index in [0.29, 0.717) is 0 Å². The van der Waals surface area contributed by atoms with Gasteiger partial charge in [-0.05, 0) is 25.5 Å². The highest BCUT2D eigenvalue weighted by Gasteiger charge is 2.15. The molecule has 1 aromatic rings. The molecule has 1 saturated heterocycles. The standard InChI is InChI=1S/C11H18N4S/c1-8-14-10(12-2)6-11(15-8)13-7-9-4-3-5-16-9/h6,9H,3-5,7H2,1-2H3,(H2,12,13,14,15). The molecule has 2 N–H and O–H groups in total. The summed E-state index contributed by atoms with van der Waals surface area (Å²) >= 11 is 2.05. The fourth-order valence-electron chi connectivity index (χ4n) is 1.81. The van der Waals surface area contributed by atoms with Gasteiger partial charge in [0.05, 0.1) is 0 Å². The molecule has 1 unspecified atom stereocenters. The minimum atomic E-state index is 0.744. The highest BCUT2D eigenvalue weighted by atomic mass is 32.2. The maximum atomic E-state index is 4.37. The van der Waals surface area contributed by atoms with E-state index < -0.39 is 0 Å². The van der Waals surface area contributed by atoms with Gasteiger partial charge in [-0.1, -0.05) is 0 Å². The summed E-state index contributed by atoms with van der Waals surface area (Å²) in [5.74, 6) is 3.89. The lowest BCUT2D eigenvalue weighted by Crippen LogP contribution is -2.15. The molecule has 16 heavy (non-hydrogen) atoms. The van der Waals surface area contributed by atoms with E-state index in [2.05, 4.69) is 32.4 Å². The maximum absolute atomic E-state index is 4.37. The van der Waals surface area contributed by atoms with Gasteiger partial charge in [0.25, 0.3) is 0 Å².